The van der Waals surface area contributed by atoms with Gasteiger partial charge in [-0.25, -0.2) is 9.59 Å². The van der Waals surface area contributed by atoms with Crippen molar-refractivity contribution in [1.82, 2.24) is 26.6 Å². The van der Waals surface area contributed by atoms with Gasteiger partial charge in [-0.05, 0) is 74.3 Å². The highest BCUT2D eigenvalue weighted by atomic mass is 16.7. The van der Waals surface area contributed by atoms with E-state index in [-0.39, 0.29) is 95.3 Å². The maximum Gasteiger partial charge on any atom is 0.514 e. The zero-order valence-corrected chi connectivity index (χ0v) is 43.5. The molecular formula is C51H72N8O18. The van der Waals surface area contributed by atoms with Crippen LogP contribution < -0.4 is 42.4 Å². The number of hydrogen-bond donors (Lipinski definition) is 8. The van der Waals surface area contributed by atoms with Crippen molar-refractivity contribution in [1.29, 1.82) is 0 Å². The van der Waals surface area contributed by atoms with Crippen LogP contribution in [0.1, 0.15) is 83.6 Å². The molecule has 1 unspecified atom stereocenters. The number of nitrogens with one attached hydrogen (secondary N) is 6. The number of carbonyl (C=O) groups excluding carboxylic acids is 7. The van der Waals surface area contributed by atoms with Crippen LogP contribution in [0.3, 0.4) is 0 Å². The molecule has 77 heavy (non-hydrogen) atoms. The maximum absolute atomic E-state index is 13.8. The van der Waals surface area contributed by atoms with E-state index < -0.39 is 77.2 Å². The lowest BCUT2D eigenvalue weighted by Gasteiger charge is -2.27. The van der Waals surface area contributed by atoms with Crippen molar-refractivity contribution in [3.8, 4) is 17.6 Å². The number of nitro benzene ring substituents is 1. The van der Waals surface area contributed by atoms with Crippen molar-refractivity contribution in [3.05, 3.63) is 64.2 Å². The molecule has 4 atom stereocenters. The van der Waals surface area contributed by atoms with Crippen molar-refractivity contribution in [3.63, 3.8) is 0 Å². The first-order valence-electron chi connectivity index (χ1n) is 25.3. The summed E-state index contributed by atoms with van der Waals surface area (Å²) in [7, 11) is 0. The van der Waals surface area contributed by atoms with Gasteiger partial charge in [-0.2, -0.15) is 0 Å². The number of primary amides is 1. The Balaban J connectivity index is 1.39. The number of carbonyl (C=O) groups is 8. The van der Waals surface area contributed by atoms with E-state index in [0.29, 0.717) is 44.2 Å². The summed E-state index contributed by atoms with van der Waals surface area (Å²) >= 11 is 0. The van der Waals surface area contributed by atoms with E-state index >= 15 is 0 Å². The number of non-ortho nitro benzene ring substituents is 1. The Labute approximate surface area is 446 Å². The highest BCUT2D eigenvalue weighted by molar-refractivity contribution is 5.99. The van der Waals surface area contributed by atoms with Gasteiger partial charge in [-0.3, -0.25) is 38.9 Å². The second-order valence-electron chi connectivity index (χ2n) is 17.6. The maximum atomic E-state index is 13.8. The number of ether oxygens (including phenoxy) is 7. The fourth-order valence-electron chi connectivity index (χ4n) is 6.98. The number of nitro groups is 1. The molecule has 0 aromatic heterocycles. The average molecular weight is 1090 g/mol. The zero-order chi connectivity index (χ0) is 56.2. The summed E-state index contributed by atoms with van der Waals surface area (Å²) < 4.78 is 37.7. The number of carboxylic acid groups (broad SMARTS) is 1. The summed E-state index contributed by atoms with van der Waals surface area (Å²) in [5.74, 6) is 1.28. The Bertz CT molecular complexity index is 2260. The number of nitrogens with zero attached hydrogens (tertiary/aromatic N) is 1. The van der Waals surface area contributed by atoms with Gasteiger partial charge < -0.3 is 75.9 Å². The monoisotopic (exact) mass is 1080 g/mol. The largest absolute Gasteiger partial charge is 0.514 e. The van der Waals surface area contributed by atoms with Crippen molar-refractivity contribution in [2.24, 2.45) is 11.7 Å². The van der Waals surface area contributed by atoms with Crippen molar-refractivity contribution in [2.75, 3.05) is 77.9 Å². The summed E-state index contributed by atoms with van der Waals surface area (Å²) in [6.07, 6.45) is 2.90. The van der Waals surface area contributed by atoms with Gasteiger partial charge in [0.25, 0.3) is 5.69 Å². The quantitative estimate of drug-likeness (QED) is 0.0120. The predicted octanol–water partition coefficient (Wildman–Crippen LogP) is 2.60. The van der Waals surface area contributed by atoms with Crippen LogP contribution in [0.2, 0.25) is 0 Å². The Kier molecular flexibility index (Phi) is 31.0. The first kappa shape index (κ1) is 63.8. The Morgan fingerprint density at radius 1 is 0.727 bits per heavy atom. The molecule has 0 radical (unpaired) electrons. The van der Waals surface area contributed by atoms with E-state index in [1.54, 1.807) is 26.0 Å². The van der Waals surface area contributed by atoms with Crippen LogP contribution in [0.5, 0.6) is 5.75 Å². The molecule has 0 saturated carbocycles. The number of amides is 7. The van der Waals surface area contributed by atoms with Gasteiger partial charge in [0.15, 0.2) is 0 Å². The van der Waals surface area contributed by atoms with Crippen LogP contribution >= 0.6 is 0 Å². The van der Waals surface area contributed by atoms with Crippen molar-refractivity contribution in [2.45, 2.75) is 109 Å². The smallest absolute Gasteiger partial charge is 0.481 e. The first-order valence-corrected chi connectivity index (χ1v) is 25.3. The van der Waals surface area contributed by atoms with Gasteiger partial charge >= 0.3 is 18.2 Å². The normalized spacial score (nSPS) is 14.1. The number of aliphatic carboxylic acids is 1. The van der Waals surface area contributed by atoms with Gasteiger partial charge in [0.1, 0.15) is 43.2 Å². The molecule has 1 aliphatic rings. The highest BCUT2D eigenvalue weighted by Gasteiger charge is 2.32. The van der Waals surface area contributed by atoms with Gasteiger partial charge in [-0.1, -0.05) is 38.3 Å². The summed E-state index contributed by atoms with van der Waals surface area (Å²) in [5.41, 5.74) is 5.79. The number of benzene rings is 2. The van der Waals surface area contributed by atoms with Crippen LogP contribution in [-0.4, -0.2) is 155 Å². The predicted molar refractivity (Wildman–Crippen MR) is 275 cm³/mol. The summed E-state index contributed by atoms with van der Waals surface area (Å²) in [5, 5.41) is 35.8. The molecule has 0 bridgehead atoms. The number of carboxylic acids is 1. The van der Waals surface area contributed by atoms with Gasteiger partial charge in [0.05, 0.1) is 57.8 Å². The number of urea groups is 1. The molecule has 7 amide bonds. The Morgan fingerprint density at radius 2 is 1.38 bits per heavy atom. The van der Waals surface area contributed by atoms with Gasteiger partial charge in [-0.15, -0.1) is 5.92 Å². The third kappa shape index (κ3) is 28.9. The highest BCUT2D eigenvalue weighted by Crippen LogP contribution is 2.19. The standard InChI is InChI=1S/C51H72N8O18/c1-35(2)46(49(66)57-41(11-8-23-54-50(52)67)47(64)55-37-14-12-36(13-15-37)33-76-51(68)77-40-18-16-38(17-19-40)59(69)70)58-48(65)42(20-21-45(62)63)56-43(60)22-25-71-27-29-73-31-32-74-30-28-72-26-24-53-44(61)34-75-39-9-6-4-3-5-7-10-39/h12-19,35,39,41-42,46H,3-6,8-9,11,20-34H2,1-2H3,(H,53,61)(H,55,64)(H,56,60)(H,57,66)(H,58,65)(H,62,63)(H3,52,54,67)/t39?,41-,42-,46-/m0/s1. The molecule has 0 saturated heterocycles. The third-order valence-corrected chi connectivity index (χ3v) is 11.1. The fraction of sp³-hybridized carbons (Fsp3) is 0.569. The summed E-state index contributed by atoms with van der Waals surface area (Å²) in [6, 6.07) is 6.32. The Hall–Kier alpha value is -7.44. The molecule has 2 aromatic rings. The fourth-order valence-corrected chi connectivity index (χ4v) is 6.98. The van der Waals surface area contributed by atoms with E-state index in [1.807, 2.05) is 0 Å². The summed E-state index contributed by atoms with van der Waals surface area (Å²) in [6.45, 7) is 5.22. The lowest BCUT2D eigenvalue weighted by Crippen LogP contribution is -2.58. The number of anilines is 1. The number of rotatable bonds is 37. The molecule has 0 aliphatic heterocycles. The number of hydrogen-bond acceptors (Lipinski definition) is 17. The second-order valence-corrected chi connectivity index (χ2v) is 17.6. The van der Waals surface area contributed by atoms with Crippen LogP contribution in [0.4, 0.5) is 21.0 Å². The molecule has 26 nitrogen and oxygen atoms in total. The average Bonchev–Trinajstić information content (AvgIpc) is 3.38. The summed E-state index contributed by atoms with van der Waals surface area (Å²) in [4.78, 5) is 111. The lowest BCUT2D eigenvalue weighted by molar-refractivity contribution is -0.384. The molecular weight excluding hydrogens is 1010 g/mol. The molecule has 1 aliphatic carbocycles. The minimum atomic E-state index is -1.35. The topological polar surface area (TPSA) is 363 Å². The lowest BCUT2D eigenvalue weighted by atomic mass is 10.0. The van der Waals surface area contributed by atoms with Crippen molar-refractivity contribution < 1.29 is 81.5 Å². The van der Waals surface area contributed by atoms with Crippen LogP contribution in [0, 0.1) is 27.9 Å². The van der Waals surface area contributed by atoms with Crippen LogP contribution in [-0.2, 0) is 63.8 Å². The number of nitrogens with two attached hydrogens (primary N) is 1. The molecule has 9 N–H and O–H groups in total. The first-order chi connectivity index (χ1) is 37.0. The molecule has 2 aromatic carbocycles. The SMILES string of the molecule is CC(C)[C@H](NC(=O)[C@H](CCC(=O)O)NC(=O)CCOCCOCCOCCOCCNC(=O)COC1C#CCCCCC1)C(=O)N[C@@H](CCCNC(N)=O)C(=O)Nc1ccc(COC(=O)Oc2ccc([N+](=O)[O-])cc2)cc1. The van der Waals surface area contributed by atoms with Crippen molar-refractivity contribution >= 4 is 59.1 Å². The minimum Gasteiger partial charge on any atom is -0.481 e. The van der Waals surface area contributed by atoms with E-state index in [9.17, 15) is 53.6 Å². The molecule has 3 rings (SSSR count). The Morgan fingerprint density at radius 3 is 2.01 bits per heavy atom. The van der Waals surface area contributed by atoms with E-state index in [0.717, 1.165) is 44.2 Å². The van der Waals surface area contributed by atoms with E-state index in [2.05, 4.69) is 43.7 Å². The van der Waals surface area contributed by atoms with E-state index in [1.165, 1.54) is 24.3 Å². The zero-order valence-electron chi connectivity index (χ0n) is 43.5. The van der Waals surface area contributed by atoms with Crippen LogP contribution in [0.15, 0.2) is 48.5 Å². The molecule has 0 fully saturated rings. The third-order valence-electron chi connectivity index (χ3n) is 11.1. The van der Waals surface area contributed by atoms with Crippen LogP contribution in [0.25, 0.3) is 0 Å². The van der Waals surface area contributed by atoms with Gasteiger partial charge in [0.2, 0.25) is 29.5 Å². The second kappa shape index (κ2) is 37.3. The molecule has 424 valence electrons. The van der Waals surface area contributed by atoms with E-state index in [4.69, 9.17) is 38.9 Å². The van der Waals surface area contributed by atoms with Gasteiger partial charge in [0, 0.05) is 50.2 Å². The minimum absolute atomic E-state index is 0.00907. The molecule has 0 heterocycles. The molecule has 26 heteroatoms. The molecule has 0 spiro atoms.